The van der Waals surface area contributed by atoms with E-state index in [2.05, 4.69) is 0 Å². The Labute approximate surface area is 98.9 Å². The number of rotatable bonds is 4. The molecule has 0 aromatic heterocycles. The van der Waals surface area contributed by atoms with Gasteiger partial charge in [-0.3, -0.25) is 0 Å². The van der Waals surface area contributed by atoms with E-state index in [1.807, 2.05) is 6.07 Å². The van der Waals surface area contributed by atoms with Crippen LogP contribution in [-0.4, -0.2) is 22.2 Å². The standard InChI is InChI=1S/C11H13ClN2O2/c12-4-3-10(15)11(16)7-1-2-9(14)8(5-7)6-13/h1-2,5,10-11,15-16H,3-4,14H2. The molecule has 0 aliphatic carbocycles. The van der Waals surface area contributed by atoms with E-state index < -0.39 is 12.2 Å². The normalized spacial score (nSPS) is 14.1. The minimum absolute atomic E-state index is 0.262. The molecular formula is C11H13ClN2O2. The van der Waals surface area contributed by atoms with Gasteiger partial charge in [0.2, 0.25) is 0 Å². The lowest BCUT2D eigenvalue weighted by molar-refractivity contribution is 0.0170. The summed E-state index contributed by atoms with van der Waals surface area (Å²) in [6.07, 6.45) is -1.70. The number of nitrogen functional groups attached to an aromatic ring is 1. The summed E-state index contributed by atoms with van der Waals surface area (Å²) in [5, 5.41) is 28.1. The van der Waals surface area contributed by atoms with Crippen molar-refractivity contribution in [3.63, 3.8) is 0 Å². The van der Waals surface area contributed by atoms with Crippen molar-refractivity contribution >= 4 is 17.3 Å². The largest absolute Gasteiger partial charge is 0.398 e. The van der Waals surface area contributed by atoms with Crippen molar-refractivity contribution in [2.75, 3.05) is 11.6 Å². The Balaban J connectivity index is 2.92. The molecule has 2 unspecified atom stereocenters. The first kappa shape index (κ1) is 12.8. The van der Waals surface area contributed by atoms with E-state index >= 15 is 0 Å². The third kappa shape index (κ3) is 2.86. The molecule has 0 saturated heterocycles. The number of alkyl halides is 1. The highest BCUT2D eigenvalue weighted by Crippen LogP contribution is 2.22. The minimum Gasteiger partial charge on any atom is -0.398 e. The van der Waals surface area contributed by atoms with Gasteiger partial charge in [0.1, 0.15) is 12.2 Å². The van der Waals surface area contributed by atoms with Gasteiger partial charge in [-0.1, -0.05) is 6.07 Å². The molecule has 0 amide bonds. The van der Waals surface area contributed by atoms with Gasteiger partial charge < -0.3 is 15.9 Å². The van der Waals surface area contributed by atoms with Gasteiger partial charge in [0, 0.05) is 11.6 Å². The van der Waals surface area contributed by atoms with Gasteiger partial charge in [-0.25, -0.2) is 0 Å². The Morgan fingerprint density at radius 1 is 1.44 bits per heavy atom. The van der Waals surface area contributed by atoms with E-state index in [0.717, 1.165) is 0 Å². The SMILES string of the molecule is N#Cc1cc(C(O)C(O)CCCl)ccc1N. The fourth-order valence-corrected chi connectivity index (χ4v) is 1.57. The van der Waals surface area contributed by atoms with Gasteiger partial charge >= 0.3 is 0 Å². The van der Waals surface area contributed by atoms with E-state index in [1.165, 1.54) is 12.1 Å². The third-order valence-corrected chi connectivity index (χ3v) is 2.53. The molecule has 1 aromatic rings. The molecule has 1 rings (SSSR count). The highest BCUT2D eigenvalue weighted by Gasteiger charge is 2.18. The zero-order valence-corrected chi connectivity index (χ0v) is 9.35. The van der Waals surface area contributed by atoms with Crippen molar-refractivity contribution in [3.8, 4) is 6.07 Å². The van der Waals surface area contributed by atoms with Crippen LogP contribution in [0.4, 0.5) is 5.69 Å². The van der Waals surface area contributed by atoms with E-state index in [-0.39, 0.29) is 17.9 Å². The lowest BCUT2D eigenvalue weighted by Gasteiger charge is -2.17. The van der Waals surface area contributed by atoms with Gasteiger partial charge in [0.25, 0.3) is 0 Å². The summed E-state index contributed by atoms with van der Waals surface area (Å²) < 4.78 is 0. The number of aliphatic hydroxyl groups excluding tert-OH is 2. The first-order chi connectivity index (χ1) is 7.60. The van der Waals surface area contributed by atoms with Crippen LogP contribution in [0.3, 0.4) is 0 Å². The highest BCUT2D eigenvalue weighted by atomic mass is 35.5. The molecule has 4 nitrogen and oxygen atoms in total. The summed E-state index contributed by atoms with van der Waals surface area (Å²) in [6, 6.07) is 6.50. The van der Waals surface area contributed by atoms with Gasteiger partial charge in [0.05, 0.1) is 11.7 Å². The van der Waals surface area contributed by atoms with Crippen LogP contribution in [0.15, 0.2) is 18.2 Å². The fourth-order valence-electron chi connectivity index (χ4n) is 1.35. The van der Waals surface area contributed by atoms with Gasteiger partial charge in [0.15, 0.2) is 0 Å². The Morgan fingerprint density at radius 2 is 2.12 bits per heavy atom. The van der Waals surface area contributed by atoms with Gasteiger partial charge in [-0.2, -0.15) is 5.26 Å². The van der Waals surface area contributed by atoms with E-state index in [0.29, 0.717) is 11.3 Å². The number of aliphatic hydroxyl groups is 2. The summed E-state index contributed by atoms with van der Waals surface area (Å²) >= 11 is 5.47. The van der Waals surface area contributed by atoms with Crippen LogP contribution in [-0.2, 0) is 0 Å². The molecule has 0 saturated carbocycles. The molecule has 0 fully saturated rings. The second kappa shape index (κ2) is 5.71. The molecule has 16 heavy (non-hydrogen) atoms. The first-order valence-corrected chi connectivity index (χ1v) is 5.35. The van der Waals surface area contributed by atoms with E-state index in [4.69, 9.17) is 22.6 Å². The van der Waals surface area contributed by atoms with Crippen LogP contribution in [0, 0.1) is 11.3 Å². The molecule has 0 bridgehead atoms. The fraction of sp³-hybridized carbons (Fsp3) is 0.364. The average molecular weight is 241 g/mol. The second-order valence-electron chi connectivity index (χ2n) is 3.45. The van der Waals surface area contributed by atoms with E-state index in [1.54, 1.807) is 6.07 Å². The number of nitrogens with zero attached hydrogens (tertiary/aromatic N) is 1. The van der Waals surface area contributed by atoms with Crippen LogP contribution in [0.1, 0.15) is 23.7 Å². The van der Waals surface area contributed by atoms with Crippen LogP contribution >= 0.6 is 11.6 Å². The smallest absolute Gasteiger partial charge is 0.105 e. The topological polar surface area (TPSA) is 90.3 Å². The van der Waals surface area contributed by atoms with Crippen LogP contribution in [0.2, 0.25) is 0 Å². The summed E-state index contributed by atoms with van der Waals surface area (Å²) in [5.41, 5.74) is 6.65. The Bertz CT molecular complexity index is 403. The molecule has 0 radical (unpaired) electrons. The van der Waals surface area contributed by atoms with Crippen molar-refractivity contribution in [3.05, 3.63) is 29.3 Å². The summed E-state index contributed by atoms with van der Waals surface area (Å²) in [4.78, 5) is 0. The molecule has 86 valence electrons. The molecule has 1 aromatic carbocycles. The quantitative estimate of drug-likeness (QED) is 0.544. The molecular weight excluding hydrogens is 228 g/mol. The monoisotopic (exact) mass is 240 g/mol. The Hall–Kier alpha value is -1.28. The van der Waals surface area contributed by atoms with Crippen molar-refractivity contribution in [1.29, 1.82) is 5.26 Å². The summed E-state index contributed by atoms with van der Waals surface area (Å²) in [7, 11) is 0. The summed E-state index contributed by atoms with van der Waals surface area (Å²) in [6.45, 7) is 0. The van der Waals surface area contributed by atoms with Crippen LogP contribution in [0.5, 0.6) is 0 Å². The maximum Gasteiger partial charge on any atom is 0.105 e. The van der Waals surface area contributed by atoms with Crippen molar-refractivity contribution in [2.45, 2.75) is 18.6 Å². The lowest BCUT2D eigenvalue weighted by atomic mass is 10.00. The minimum atomic E-state index is -1.05. The Kier molecular flexibility index (Phi) is 4.56. The van der Waals surface area contributed by atoms with E-state index in [9.17, 15) is 10.2 Å². The Morgan fingerprint density at radius 3 is 2.69 bits per heavy atom. The molecule has 0 heterocycles. The van der Waals surface area contributed by atoms with Crippen LogP contribution in [0.25, 0.3) is 0 Å². The molecule has 2 atom stereocenters. The number of nitrogens with two attached hydrogens (primary N) is 1. The molecule has 0 spiro atoms. The number of hydrogen-bond acceptors (Lipinski definition) is 4. The average Bonchev–Trinajstić information content (AvgIpc) is 2.29. The van der Waals surface area contributed by atoms with Crippen molar-refractivity contribution < 1.29 is 10.2 Å². The number of nitriles is 1. The van der Waals surface area contributed by atoms with Crippen molar-refractivity contribution in [2.24, 2.45) is 0 Å². The van der Waals surface area contributed by atoms with Crippen molar-refractivity contribution in [1.82, 2.24) is 0 Å². The maximum atomic E-state index is 9.77. The highest BCUT2D eigenvalue weighted by molar-refractivity contribution is 6.17. The van der Waals surface area contributed by atoms with Gasteiger partial charge in [-0.05, 0) is 24.1 Å². The number of anilines is 1. The van der Waals surface area contributed by atoms with Gasteiger partial charge in [-0.15, -0.1) is 11.6 Å². The first-order valence-electron chi connectivity index (χ1n) is 4.81. The zero-order chi connectivity index (χ0) is 12.1. The zero-order valence-electron chi connectivity index (χ0n) is 8.60. The molecule has 0 aliphatic heterocycles. The summed E-state index contributed by atoms with van der Waals surface area (Å²) in [5.74, 6) is 0.262. The van der Waals surface area contributed by atoms with Crippen LogP contribution < -0.4 is 5.73 Å². The molecule has 0 aliphatic rings. The third-order valence-electron chi connectivity index (χ3n) is 2.31. The second-order valence-corrected chi connectivity index (χ2v) is 3.83. The molecule has 5 heteroatoms. The predicted octanol–water partition coefficient (Wildman–Crippen LogP) is 1.16. The maximum absolute atomic E-state index is 9.77. The predicted molar refractivity (Wildman–Crippen MR) is 61.9 cm³/mol. The number of benzene rings is 1. The number of halogens is 1. The molecule has 4 N–H and O–H groups in total. The number of hydrogen-bond donors (Lipinski definition) is 3. The lowest BCUT2D eigenvalue weighted by Crippen LogP contribution is -2.18.